The quantitative estimate of drug-likeness (QED) is 0.858. The Labute approximate surface area is 108 Å². The Morgan fingerprint density at radius 1 is 1.37 bits per heavy atom. The van der Waals surface area contributed by atoms with Crippen LogP contribution in [0.5, 0.6) is 0 Å². The molecule has 0 amide bonds. The standard InChI is InChI=1S/C13H14F4O2/c14-11-4-3-8(6-10(11)13(15,16)17)12(18)7-9-2-1-5-19-9/h3-4,6,9,12,18H,1-2,5,7H2. The fourth-order valence-corrected chi connectivity index (χ4v) is 2.18. The molecule has 106 valence electrons. The highest BCUT2D eigenvalue weighted by Crippen LogP contribution is 2.34. The molecule has 0 bridgehead atoms. The van der Waals surface area contributed by atoms with Crippen LogP contribution in [0.15, 0.2) is 18.2 Å². The molecule has 1 aromatic carbocycles. The van der Waals surface area contributed by atoms with Gasteiger partial charge in [0.25, 0.3) is 0 Å². The van der Waals surface area contributed by atoms with Gasteiger partial charge in [0.2, 0.25) is 0 Å². The predicted octanol–water partition coefficient (Wildman–Crippen LogP) is 3.45. The van der Waals surface area contributed by atoms with Gasteiger partial charge in [-0.1, -0.05) is 6.07 Å². The van der Waals surface area contributed by atoms with E-state index in [2.05, 4.69) is 0 Å². The van der Waals surface area contributed by atoms with E-state index in [0.29, 0.717) is 12.7 Å². The van der Waals surface area contributed by atoms with Crippen molar-refractivity contribution in [1.29, 1.82) is 0 Å². The van der Waals surface area contributed by atoms with E-state index in [0.717, 1.165) is 18.9 Å². The number of aliphatic hydroxyl groups excluding tert-OH is 1. The molecular weight excluding hydrogens is 264 g/mol. The van der Waals surface area contributed by atoms with Crippen molar-refractivity contribution >= 4 is 0 Å². The number of halogens is 4. The number of benzene rings is 1. The van der Waals surface area contributed by atoms with E-state index >= 15 is 0 Å². The largest absolute Gasteiger partial charge is 0.419 e. The summed E-state index contributed by atoms with van der Waals surface area (Å²) in [5.41, 5.74) is -1.29. The first-order chi connectivity index (χ1) is 8.88. The topological polar surface area (TPSA) is 29.5 Å². The Kier molecular flexibility index (Phi) is 4.10. The number of hydrogen-bond donors (Lipinski definition) is 1. The molecule has 1 N–H and O–H groups in total. The SMILES string of the molecule is OC(CC1CCCO1)c1ccc(F)c(C(F)(F)F)c1. The van der Waals surface area contributed by atoms with Crippen LogP contribution in [0.3, 0.4) is 0 Å². The molecule has 2 rings (SSSR count). The zero-order valence-corrected chi connectivity index (χ0v) is 10.1. The third kappa shape index (κ3) is 3.45. The normalized spacial score (nSPS) is 21.6. The van der Waals surface area contributed by atoms with Gasteiger partial charge in [-0.05, 0) is 30.5 Å². The lowest BCUT2D eigenvalue weighted by atomic mass is 9.99. The summed E-state index contributed by atoms with van der Waals surface area (Å²) in [5.74, 6) is -1.33. The highest BCUT2D eigenvalue weighted by atomic mass is 19.4. The minimum absolute atomic E-state index is 0.0595. The second-order valence-corrected chi connectivity index (χ2v) is 4.62. The van der Waals surface area contributed by atoms with Gasteiger partial charge < -0.3 is 9.84 Å². The van der Waals surface area contributed by atoms with Crippen LogP contribution >= 0.6 is 0 Å². The molecule has 1 saturated heterocycles. The molecule has 2 nitrogen and oxygen atoms in total. The molecule has 1 heterocycles. The van der Waals surface area contributed by atoms with Crippen LogP contribution in [0.2, 0.25) is 0 Å². The van der Waals surface area contributed by atoms with Gasteiger partial charge in [-0.15, -0.1) is 0 Å². The summed E-state index contributed by atoms with van der Waals surface area (Å²) in [4.78, 5) is 0. The number of alkyl halides is 3. The third-order valence-electron chi connectivity index (χ3n) is 3.19. The van der Waals surface area contributed by atoms with E-state index in [1.54, 1.807) is 0 Å². The van der Waals surface area contributed by atoms with Crippen LogP contribution in [-0.2, 0) is 10.9 Å². The highest BCUT2D eigenvalue weighted by Gasteiger charge is 2.34. The first kappa shape index (κ1) is 14.3. The van der Waals surface area contributed by atoms with Gasteiger partial charge in [0.1, 0.15) is 5.82 Å². The molecule has 0 saturated carbocycles. The van der Waals surface area contributed by atoms with Gasteiger partial charge in [0.15, 0.2) is 0 Å². The van der Waals surface area contributed by atoms with E-state index in [9.17, 15) is 22.7 Å². The van der Waals surface area contributed by atoms with Gasteiger partial charge in [-0.25, -0.2) is 4.39 Å². The zero-order valence-electron chi connectivity index (χ0n) is 10.1. The average Bonchev–Trinajstić information content (AvgIpc) is 2.80. The molecule has 0 radical (unpaired) electrons. The van der Waals surface area contributed by atoms with Crippen LogP contribution in [0.1, 0.15) is 36.5 Å². The molecule has 6 heteroatoms. The van der Waals surface area contributed by atoms with Crippen molar-refractivity contribution in [1.82, 2.24) is 0 Å². The van der Waals surface area contributed by atoms with Crippen LogP contribution in [-0.4, -0.2) is 17.8 Å². The van der Waals surface area contributed by atoms with Crippen molar-refractivity contribution in [3.8, 4) is 0 Å². The molecule has 1 aliphatic heterocycles. The molecule has 1 aliphatic rings. The van der Waals surface area contributed by atoms with Crippen LogP contribution in [0, 0.1) is 5.82 Å². The van der Waals surface area contributed by atoms with Crippen molar-refractivity contribution in [2.45, 2.75) is 37.6 Å². The fourth-order valence-electron chi connectivity index (χ4n) is 2.18. The predicted molar refractivity (Wildman–Crippen MR) is 60.0 cm³/mol. The maximum Gasteiger partial charge on any atom is 0.419 e. The molecular formula is C13H14F4O2. The van der Waals surface area contributed by atoms with Crippen molar-refractivity contribution in [3.63, 3.8) is 0 Å². The third-order valence-corrected chi connectivity index (χ3v) is 3.19. The molecule has 2 unspecified atom stereocenters. The van der Waals surface area contributed by atoms with Gasteiger partial charge in [0, 0.05) is 13.0 Å². The lowest BCUT2D eigenvalue weighted by Gasteiger charge is -2.17. The maximum atomic E-state index is 13.1. The lowest BCUT2D eigenvalue weighted by Crippen LogP contribution is -2.13. The van der Waals surface area contributed by atoms with E-state index in [-0.39, 0.29) is 18.1 Å². The Hall–Kier alpha value is -1.14. The maximum absolute atomic E-state index is 13.1. The van der Waals surface area contributed by atoms with E-state index < -0.39 is 23.7 Å². The fraction of sp³-hybridized carbons (Fsp3) is 0.538. The minimum atomic E-state index is -4.76. The second-order valence-electron chi connectivity index (χ2n) is 4.62. The highest BCUT2D eigenvalue weighted by molar-refractivity contribution is 5.28. The monoisotopic (exact) mass is 278 g/mol. The van der Waals surface area contributed by atoms with Crippen molar-refractivity contribution in [2.24, 2.45) is 0 Å². The Morgan fingerprint density at radius 3 is 2.68 bits per heavy atom. The molecule has 0 aromatic heterocycles. The Balaban J connectivity index is 2.15. The number of aliphatic hydroxyl groups is 1. The number of hydrogen-bond acceptors (Lipinski definition) is 2. The van der Waals surface area contributed by atoms with Crippen molar-refractivity contribution < 1.29 is 27.4 Å². The van der Waals surface area contributed by atoms with Gasteiger partial charge in [0.05, 0.1) is 17.8 Å². The Bertz CT molecular complexity index is 439. The second kappa shape index (κ2) is 5.46. The average molecular weight is 278 g/mol. The molecule has 2 atom stereocenters. The van der Waals surface area contributed by atoms with Crippen molar-refractivity contribution in [3.05, 3.63) is 35.1 Å². The summed E-state index contributed by atoms with van der Waals surface area (Å²) in [7, 11) is 0. The molecule has 0 aliphatic carbocycles. The molecule has 1 aromatic rings. The summed E-state index contributed by atoms with van der Waals surface area (Å²) in [5, 5.41) is 9.89. The summed E-state index contributed by atoms with van der Waals surface area (Å²) in [6, 6.07) is 2.57. The summed E-state index contributed by atoms with van der Waals surface area (Å²) >= 11 is 0. The van der Waals surface area contributed by atoms with Gasteiger partial charge >= 0.3 is 6.18 Å². The van der Waals surface area contributed by atoms with Crippen LogP contribution < -0.4 is 0 Å². The van der Waals surface area contributed by atoms with E-state index in [4.69, 9.17) is 4.74 Å². The zero-order chi connectivity index (χ0) is 14.0. The first-order valence-electron chi connectivity index (χ1n) is 6.04. The van der Waals surface area contributed by atoms with Crippen LogP contribution in [0.4, 0.5) is 17.6 Å². The molecule has 0 spiro atoms. The Morgan fingerprint density at radius 2 is 2.11 bits per heavy atom. The molecule has 19 heavy (non-hydrogen) atoms. The van der Waals surface area contributed by atoms with Crippen molar-refractivity contribution in [2.75, 3.05) is 6.61 Å². The van der Waals surface area contributed by atoms with Crippen LogP contribution in [0.25, 0.3) is 0 Å². The summed E-state index contributed by atoms with van der Waals surface area (Å²) in [6.45, 7) is 0.606. The van der Waals surface area contributed by atoms with Gasteiger partial charge in [-0.3, -0.25) is 0 Å². The minimum Gasteiger partial charge on any atom is -0.388 e. The first-order valence-corrected chi connectivity index (χ1v) is 6.04. The lowest BCUT2D eigenvalue weighted by molar-refractivity contribution is -0.140. The number of rotatable bonds is 3. The molecule has 1 fully saturated rings. The van der Waals surface area contributed by atoms with E-state index in [1.807, 2.05) is 0 Å². The summed E-state index contributed by atoms with van der Waals surface area (Å²) < 4.78 is 56.1. The van der Waals surface area contributed by atoms with E-state index in [1.165, 1.54) is 6.07 Å². The smallest absolute Gasteiger partial charge is 0.388 e. The number of ether oxygens (including phenoxy) is 1. The van der Waals surface area contributed by atoms with Gasteiger partial charge in [-0.2, -0.15) is 13.2 Å². The summed E-state index contributed by atoms with van der Waals surface area (Å²) in [6.07, 6.45) is -4.09.